The molecule has 1 aromatic rings. The van der Waals surface area contributed by atoms with Crippen LogP contribution in [0.1, 0.15) is 45.7 Å². The monoisotopic (exact) mass is 500 g/mol. The number of nitrogens with one attached hydrogen (secondary N) is 1. The van der Waals surface area contributed by atoms with E-state index in [-0.39, 0.29) is 38.6 Å². The normalized spacial score (nSPS) is 27.7. The molecule has 0 radical (unpaired) electrons. The van der Waals surface area contributed by atoms with Gasteiger partial charge < -0.3 is 19.7 Å². The maximum absolute atomic E-state index is 14.2. The van der Waals surface area contributed by atoms with Crippen molar-refractivity contribution in [3.63, 3.8) is 0 Å². The Morgan fingerprint density at radius 2 is 2.08 bits per heavy atom. The summed E-state index contributed by atoms with van der Waals surface area (Å²) in [7, 11) is 0. The van der Waals surface area contributed by atoms with Gasteiger partial charge in [0.2, 0.25) is 11.8 Å². The molecule has 1 aromatic carbocycles. The lowest BCUT2D eigenvalue weighted by Crippen LogP contribution is -2.53. The van der Waals surface area contributed by atoms with Gasteiger partial charge in [-0.1, -0.05) is 23.8 Å². The molecule has 3 aliphatic rings. The Kier molecular flexibility index (Phi) is 7.28. The Labute approximate surface area is 211 Å². The molecule has 36 heavy (non-hydrogen) atoms. The Bertz CT molecular complexity index is 1140. The largest absolute Gasteiger partial charge is 0.464 e. The van der Waals surface area contributed by atoms with Crippen LogP contribution in [0.25, 0.3) is 0 Å². The van der Waals surface area contributed by atoms with E-state index in [4.69, 9.17) is 9.47 Å². The summed E-state index contributed by atoms with van der Waals surface area (Å²) in [4.78, 5) is 51.9. The zero-order chi connectivity index (χ0) is 26.0. The van der Waals surface area contributed by atoms with Crippen LogP contribution in [0.15, 0.2) is 42.5 Å². The van der Waals surface area contributed by atoms with Crippen molar-refractivity contribution in [2.24, 2.45) is 5.92 Å². The topological polar surface area (TPSA) is 102 Å². The zero-order valence-corrected chi connectivity index (χ0v) is 20.6. The van der Waals surface area contributed by atoms with Crippen molar-refractivity contribution in [1.82, 2.24) is 10.2 Å². The molecule has 0 unspecified atom stereocenters. The van der Waals surface area contributed by atoms with Gasteiger partial charge >= 0.3 is 11.9 Å². The van der Waals surface area contributed by atoms with E-state index >= 15 is 0 Å². The number of carbonyl (C=O) groups excluding carboxylic acids is 4. The summed E-state index contributed by atoms with van der Waals surface area (Å²) in [6.45, 7) is 6.98. The lowest BCUT2D eigenvalue weighted by molar-refractivity contribution is -0.150. The first-order chi connectivity index (χ1) is 17.2. The molecule has 9 heteroatoms. The summed E-state index contributed by atoms with van der Waals surface area (Å²) in [5, 5.41) is 2.77. The Morgan fingerprint density at radius 3 is 2.75 bits per heavy atom. The number of nitrogens with zero attached hydrogens (tertiary/aromatic N) is 1. The van der Waals surface area contributed by atoms with Crippen molar-refractivity contribution in [3.8, 4) is 0 Å². The van der Waals surface area contributed by atoms with Gasteiger partial charge in [0.1, 0.15) is 23.5 Å². The summed E-state index contributed by atoms with van der Waals surface area (Å²) >= 11 is 0. The fourth-order valence-corrected chi connectivity index (χ4v) is 5.18. The van der Waals surface area contributed by atoms with E-state index < -0.39 is 35.5 Å². The summed E-state index contributed by atoms with van der Waals surface area (Å²) in [6.07, 6.45) is 4.39. The number of allylic oxidation sites excluding steroid dienone is 1. The van der Waals surface area contributed by atoms with Crippen molar-refractivity contribution in [3.05, 3.63) is 59.4 Å². The molecular weight excluding hydrogens is 467 g/mol. The van der Waals surface area contributed by atoms with Gasteiger partial charge in [-0.25, -0.2) is 14.0 Å². The fourth-order valence-electron chi connectivity index (χ4n) is 5.18. The average molecular weight is 501 g/mol. The van der Waals surface area contributed by atoms with Crippen LogP contribution >= 0.6 is 0 Å². The molecule has 1 saturated carbocycles. The first-order valence-electron chi connectivity index (χ1n) is 12.2. The van der Waals surface area contributed by atoms with Crippen LogP contribution in [0.4, 0.5) is 4.39 Å². The van der Waals surface area contributed by atoms with Gasteiger partial charge in [-0.3, -0.25) is 9.59 Å². The van der Waals surface area contributed by atoms with E-state index in [0.29, 0.717) is 31.2 Å². The molecule has 0 aromatic heterocycles. The second-order valence-electron chi connectivity index (χ2n) is 9.57. The molecular formula is C27H33FN2O6. The number of hydrogen-bond acceptors (Lipinski definition) is 6. The van der Waals surface area contributed by atoms with Crippen molar-refractivity contribution in [2.45, 2.75) is 63.6 Å². The van der Waals surface area contributed by atoms with Crippen LogP contribution in [-0.4, -0.2) is 59.5 Å². The molecule has 1 saturated heterocycles. The maximum atomic E-state index is 14.2. The highest BCUT2D eigenvalue weighted by molar-refractivity contribution is 5.95. The number of benzene rings is 1. The number of hydrogen-bond donors (Lipinski definition) is 1. The van der Waals surface area contributed by atoms with E-state index in [1.54, 1.807) is 19.1 Å². The van der Waals surface area contributed by atoms with E-state index in [1.165, 1.54) is 24.0 Å². The van der Waals surface area contributed by atoms with Crippen LogP contribution in [-0.2, 0) is 41.5 Å². The summed E-state index contributed by atoms with van der Waals surface area (Å²) < 4.78 is 24.9. The number of carbonyl (C=O) groups is 4. The lowest BCUT2D eigenvalue weighted by Gasteiger charge is -2.25. The van der Waals surface area contributed by atoms with Gasteiger partial charge in [0, 0.05) is 26.8 Å². The van der Waals surface area contributed by atoms with Crippen molar-refractivity contribution in [1.29, 1.82) is 0 Å². The Balaban J connectivity index is 0.00000380. The predicted molar refractivity (Wildman–Crippen MR) is 130 cm³/mol. The summed E-state index contributed by atoms with van der Waals surface area (Å²) in [5.74, 6) is -2.50. The Hall–Kier alpha value is -3.49. The van der Waals surface area contributed by atoms with E-state index in [2.05, 4.69) is 11.9 Å². The minimum Gasteiger partial charge on any atom is -0.464 e. The molecule has 0 bridgehead atoms. The molecule has 194 valence electrons. The molecule has 1 aliphatic heterocycles. The number of rotatable bonds is 7. The van der Waals surface area contributed by atoms with Crippen molar-refractivity contribution < 1.29 is 34.5 Å². The third kappa shape index (κ3) is 5.05. The van der Waals surface area contributed by atoms with Gasteiger partial charge in [0.05, 0.1) is 13.2 Å². The molecule has 0 spiro atoms. The predicted octanol–water partition coefficient (Wildman–Crippen LogP) is 2.64. The van der Waals surface area contributed by atoms with Gasteiger partial charge in [-0.05, 0) is 49.8 Å². The number of likely N-dealkylation sites (tertiary alicyclic amines) is 1. The van der Waals surface area contributed by atoms with Crippen LogP contribution in [0, 0.1) is 11.7 Å². The molecule has 4 rings (SSSR count). The van der Waals surface area contributed by atoms with E-state index in [9.17, 15) is 23.6 Å². The Morgan fingerprint density at radius 1 is 1.31 bits per heavy atom. The fraction of sp³-hybridized carbons (Fsp3) is 0.481. The van der Waals surface area contributed by atoms with Crippen LogP contribution < -0.4 is 5.32 Å². The minimum atomic E-state index is -1.18. The van der Waals surface area contributed by atoms with Gasteiger partial charge in [0.25, 0.3) is 0 Å². The summed E-state index contributed by atoms with van der Waals surface area (Å²) in [5.41, 5.74) is 1.13. The summed E-state index contributed by atoms with van der Waals surface area (Å²) in [6, 6.07) is 4.09. The number of amides is 2. The number of fused-ring (bicyclic) bond motifs is 1. The van der Waals surface area contributed by atoms with E-state index in [0.717, 1.165) is 11.1 Å². The highest BCUT2D eigenvalue weighted by Gasteiger charge is 2.62. The third-order valence-electron chi connectivity index (χ3n) is 7.19. The van der Waals surface area contributed by atoms with Gasteiger partial charge in [-0.2, -0.15) is 0 Å². The number of aryl methyl sites for hydroxylation is 1. The average Bonchev–Trinajstić information content (AvgIpc) is 3.39. The first kappa shape index (κ1) is 25.6. The highest BCUT2D eigenvalue weighted by atomic mass is 19.1. The van der Waals surface area contributed by atoms with Gasteiger partial charge in [-0.15, -0.1) is 6.58 Å². The molecule has 2 aliphatic carbocycles. The van der Waals surface area contributed by atoms with E-state index in [1.807, 2.05) is 6.07 Å². The van der Waals surface area contributed by atoms with Crippen molar-refractivity contribution >= 4 is 23.8 Å². The molecule has 1 heterocycles. The smallest absolute Gasteiger partial charge is 0.332 e. The highest BCUT2D eigenvalue weighted by Crippen LogP contribution is 2.45. The zero-order valence-electron chi connectivity index (χ0n) is 20.6. The maximum Gasteiger partial charge on any atom is 0.332 e. The van der Waals surface area contributed by atoms with Crippen molar-refractivity contribution in [2.75, 3.05) is 13.2 Å². The molecule has 1 N–H and O–H groups in total. The molecule has 8 nitrogen and oxygen atoms in total. The first-order valence-corrected chi connectivity index (χ1v) is 12.2. The van der Waals surface area contributed by atoms with Crippen LogP contribution in [0.3, 0.4) is 0 Å². The third-order valence-corrected chi connectivity index (χ3v) is 7.19. The molecule has 2 amide bonds. The van der Waals surface area contributed by atoms with Crippen LogP contribution in [0.2, 0.25) is 0 Å². The lowest BCUT2D eigenvalue weighted by atomic mass is 9.87. The number of ether oxygens (including phenoxy) is 2. The second kappa shape index (κ2) is 10.2. The van der Waals surface area contributed by atoms with Gasteiger partial charge in [0.15, 0.2) is 0 Å². The quantitative estimate of drug-likeness (QED) is 0.351. The number of halogens is 1. The number of esters is 2. The standard InChI is InChI=1S/C27H31FN2O6.H2/c1-4-19-14-27(19,26(34)35-5-2)29-25(33)23-13-20(15-30(23)16(3)31)36-24(32)12-17-9-10-18-7-6-8-22(28)21(18)11-17;/h4,6-8,12,19-20,23H,1,5,9-11,13-15H2,2-3H3,(H,29,33);1H/b17-12-;/t19-,20-,23+,27-;/m1./s1. The van der Waals surface area contributed by atoms with Crippen LogP contribution in [0.5, 0.6) is 0 Å². The SMILES string of the molecule is C=C[C@@H]1C[C@]1(NC(=O)[C@@H]1C[C@@H](OC(=O)/C=C2/CCc3cccc(F)c3C2)CN1C(C)=O)C(=O)OCC.[HH]. The molecule has 4 atom stereocenters. The molecule has 2 fully saturated rings. The second-order valence-corrected chi connectivity index (χ2v) is 9.57. The minimum absolute atomic E-state index is 0.